The van der Waals surface area contributed by atoms with Crippen LogP contribution in [0.4, 0.5) is 5.82 Å². The fourth-order valence-electron chi connectivity index (χ4n) is 2.49. The molecule has 1 heterocycles. The zero-order valence-corrected chi connectivity index (χ0v) is 11.7. The average molecular weight is 262 g/mol. The van der Waals surface area contributed by atoms with Crippen molar-refractivity contribution in [1.29, 1.82) is 0 Å². The van der Waals surface area contributed by atoms with Crippen LogP contribution in [0.3, 0.4) is 0 Å². The van der Waals surface area contributed by atoms with E-state index >= 15 is 0 Å². The van der Waals surface area contributed by atoms with Gasteiger partial charge in [-0.05, 0) is 49.7 Å². The van der Waals surface area contributed by atoms with Gasteiger partial charge in [0.15, 0.2) is 0 Å². The second-order valence-electron chi connectivity index (χ2n) is 5.61. The largest absolute Gasteiger partial charge is 0.478 e. The van der Waals surface area contributed by atoms with E-state index in [0.29, 0.717) is 17.3 Å². The molecule has 2 rings (SSSR count). The van der Waals surface area contributed by atoms with Gasteiger partial charge in [-0.25, -0.2) is 9.78 Å². The van der Waals surface area contributed by atoms with Crippen molar-refractivity contribution in [1.82, 2.24) is 4.98 Å². The normalized spacial score (nSPS) is 13.6. The summed E-state index contributed by atoms with van der Waals surface area (Å²) in [6, 6.07) is 1.79. The molecule has 4 nitrogen and oxygen atoms in total. The molecule has 4 heteroatoms. The van der Waals surface area contributed by atoms with Crippen LogP contribution >= 0.6 is 0 Å². The number of aromatic carboxylic acids is 1. The van der Waals surface area contributed by atoms with Crippen LogP contribution in [0.1, 0.15) is 54.7 Å². The molecule has 0 unspecified atom stereocenters. The maximum atomic E-state index is 11.3. The van der Waals surface area contributed by atoms with E-state index in [1.54, 1.807) is 6.07 Å². The lowest BCUT2D eigenvalue weighted by Gasteiger charge is -2.11. The van der Waals surface area contributed by atoms with Gasteiger partial charge < -0.3 is 10.4 Å². The lowest BCUT2D eigenvalue weighted by Crippen LogP contribution is -2.11. The number of anilines is 1. The van der Waals surface area contributed by atoms with Gasteiger partial charge in [-0.15, -0.1) is 0 Å². The third-order valence-corrected chi connectivity index (χ3v) is 3.53. The molecular weight excluding hydrogens is 240 g/mol. The predicted molar refractivity (Wildman–Crippen MR) is 75.8 cm³/mol. The molecule has 0 amide bonds. The predicted octanol–water partition coefficient (Wildman–Crippen LogP) is 3.12. The Bertz CT molecular complexity index is 469. The van der Waals surface area contributed by atoms with Crippen LogP contribution in [0.5, 0.6) is 0 Å². The van der Waals surface area contributed by atoms with Gasteiger partial charge in [0.1, 0.15) is 11.4 Å². The van der Waals surface area contributed by atoms with Crippen molar-refractivity contribution in [2.45, 2.75) is 46.0 Å². The number of aromatic nitrogens is 1. The number of nitrogens with zero attached hydrogens (tertiary/aromatic N) is 1. The smallest absolute Gasteiger partial charge is 0.339 e. The lowest BCUT2D eigenvalue weighted by atomic mass is 10.1. The van der Waals surface area contributed by atoms with Gasteiger partial charge in [-0.3, -0.25) is 0 Å². The Morgan fingerprint density at radius 3 is 2.95 bits per heavy atom. The summed E-state index contributed by atoms with van der Waals surface area (Å²) in [6.45, 7) is 5.16. The van der Waals surface area contributed by atoms with E-state index in [1.165, 1.54) is 0 Å². The molecule has 0 radical (unpaired) electrons. The summed E-state index contributed by atoms with van der Waals surface area (Å²) in [7, 11) is 0. The standard InChI is InChI=1S/C15H22N2O2/c1-10(2)5-4-8-16-14-12(15(18)19)9-11-6-3-7-13(11)17-14/h9-10H,3-8H2,1-2H3,(H,16,17)(H,18,19). The molecule has 1 aliphatic carbocycles. The molecule has 0 saturated carbocycles. The van der Waals surface area contributed by atoms with Gasteiger partial charge in [0.2, 0.25) is 0 Å². The molecule has 0 saturated heterocycles. The number of hydrogen-bond donors (Lipinski definition) is 2. The molecule has 1 aromatic rings. The van der Waals surface area contributed by atoms with Crippen LogP contribution in [0.2, 0.25) is 0 Å². The van der Waals surface area contributed by atoms with E-state index in [0.717, 1.165) is 49.9 Å². The monoisotopic (exact) mass is 262 g/mol. The Balaban J connectivity index is 2.08. The SMILES string of the molecule is CC(C)CCCNc1nc2c(cc1C(=O)O)CCC2. The molecule has 2 N–H and O–H groups in total. The molecule has 19 heavy (non-hydrogen) atoms. The highest BCUT2D eigenvalue weighted by atomic mass is 16.4. The van der Waals surface area contributed by atoms with Crippen molar-refractivity contribution in [2.24, 2.45) is 5.92 Å². The first-order chi connectivity index (χ1) is 9.08. The highest BCUT2D eigenvalue weighted by Crippen LogP contribution is 2.25. The number of fused-ring (bicyclic) bond motifs is 1. The molecular formula is C15H22N2O2. The zero-order chi connectivity index (χ0) is 13.8. The van der Waals surface area contributed by atoms with Crippen LogP contribution in [0.25, 0.3) is 0 Å². The summed E-state index contributed by atoms with van der Waals surface area (Å²) in [5.41, 5.74) is 2.48. The number of carboxylic acids is 1. The molecule has 0 bridgehead atoms. The number of carbonyl (C=O) groups is 1. The lowest BCUT2D eigenvalue weighted by molar-refractivity contribution is 0.0697. The number of hydrogen-bond acceptors (Lipinski definition) is 3. The van der Waals surface area contributed by atoms with Gasteiger partial charge in [0.05, 0.1) is 0 Å². The fourth-order valence-corrected chi connectivity index (χ4v) is 2.49. The third kappa shape index (κ3) is 3.46. The number of carboxylic acid groups (broad SMARTS) is 1. The summed E-state index contributed by atoms with van der Waals surface area (Å²) in [6.07, 6.45) is 5.18. The Morgan fingerprint density at radius 2 is 2.26 bits per heavy atom. The van der Waals surface area contributed by atoms with Crippen molar-refractivity contribution in [3.63, 3.8) is 0 Å². The molecule has 1 aliphatic rings. The summed E-state index contributed by atoms with van der Waals surface area (Å²) >= 11 is 0. The molecule has 0 fully saturated rings. The molecule has 104 valence electrons. The topological polar surface area (TPSA) is 62.2 Å². The Hall–Kier alpha value is -1.58. The minimum Gasteiger partial charge on any atom is -0.478 e. The van der Waals surface area contributed by atoms with Crippen molar-refractivity contribution < 1.29 is 9.90 Å². The summed E-state index contributed by atoms with van der Waals surface area (Å²) in [4.78, 5) is 15.8. The van der Waals surface area contributed by atoms with Gasteiger partial charge in [-0.2, -0.15) is 0 Å². The molecule has 0 aliphatic heterocycles. The van der Waals surface area contributed by atoms with Crippen molar-refractivity contribution >= 4 is 11.8 Å². The first-order valence-electron chi connectivity index (χ1n) is 7.08. The zero-order valence-electron chi connectivity index (χ0n) is 11.7. The minimum absolute atomic E-state index is 0.310. The van der Waals surface area contributed by atoms with E-state index < -0.39 is 5.97 Å². The second-order valence-corrected chi connectivity index (χ2v) is 5.61. The van der Waals surface area contributed by atoms with Crippen molar-refractivity contribution in [3.8, 4) is 0 Å². The van der Waals surface area contributed by atoms with Gasteiger partial charge >= 0.3 is 5.97 Å². The van der Waals surface area contributed by atoms with Crippen molar-refractivity contribution in [2.75, 3.05) is 11.9 Å². The van der Waals surface area contributed by atoms with E-state index in [-0.39, 0.29) is 0 Å². The van der Waals surface area contributed by atoms with Crippen LogP contribution in [-0.2, 0) is 12.8 Å². The van der Waals surface area contributed by atoms with E-state index in [2.05, 4.69) is 24.1 Å². The van der Waals surface area contributed by atoms with Crippen LogP contribution in [0, 0.1) is 5.92 Å². The van der Waals surface area contributed by atoms with Crippen LogP contribution in [-0.4, -0.2) is 22.6 Å². The summed E-state index contributed by atoms with van der Waals surface area (Å²) in [5, 5.41) is 12.4. The quantitative estimate of drug-likeness (QED) is 0.773. The van der Waals surface area contributed by atoms with E-state index in [9.17, 15) is 9.90 Å². The maximum absolute atomic E-state index is 11.3. The first-order valence-corrected chi connectivity index (χ1v) is 7.08. The number of rotatable bonds is 6. The molecule has 1 aromatic heterocycles. The summed E-state index contributed by atoms with van der Waals surface area (Å²) in [5.74, 6) is 0.319. The molecule has 0 atom stereocenters. The first kappa shape index (κ1) is 13.8. The summed E-state index contributed by atoms with van der Waals surface area (Å²) < 4.78 is 0. The van der Waals surface area contributed by atoms with Crippen LogP contribution in [0.15, 0.2) is 6.07 Å². The third-order valence-electron chi connectivity index (χ3n) is 3.53. The average Bonchev–Trinajstić information content (AvgIpc) is 2.80. The highest BCUT2D eigenvalue weighted by molar-refractivity contribution is 5.93. The number of pyridine rings is 1. The van der Waals surface area contributed by atoms with Crippen LogP contribution < -0.4 is 5.32 Å². The van der Waals surface area contributed by atoms with Crippen molar-refractivity contribution in [3.05, 3.63) is 22.9 Å². The van der Waals surface area contributed by atoms with Gasteiger partial charge in [-0.1, -0.05) is 13.8 Å². The Morgan fingerprint density at radius 1 is 1.47 bits per heavy atom. The maximum Gasteiger partial charge on any atom is 0.339 e. The van der Waals surface area contributed by atoms with Gasteiger partial charge in [0, 0.05) is 12.2 Å². The fraction of sp³-hybridized carbons (Fsp3) is 0.600. The van der Waals surface area contributed by atoms with E-state index in [1.807, 2.05) is 0 Å². The van der Waals surface area contributed by atoms with E-state index in [4.69, 9.17) is 0 Å². The molecule has 0 spiro atoms. The second kappa shape index (κ2) is 6.04. The number of aryl methyl sites for hydroxylation is 2. The number of nitrogens with one attached hydrogen (secondary N) is 1. The molecule has 0 aromatic carbocycles. The highest BCUT2D eigenvalue weighted by Gasteiger charge is 2.19. The Kier molecular flexibility index (Phi) is 4.40. The van der Waals surface area contributed by atoms with Gasteiger partial charge in [0.25, 0.3) is 0 Å². The Labute approximate surface area is 114 Å². The minimum atomic E-state index is -0.895.